The van der Waals surface area contributed by atoms with E-state index in [2.05, 4.69) is 5.32 Å². The first kappa shape index (κ1) is 12.5. The summed E-state index contributed by atoms with van der Waals surface area (Å²) < 4.78 is 0. The van der Waals surface area contributed by atoms with E-state index in [1.54, 1.807) is 30.3 Å². The van der Waals surface area contributed by atoms with E-state index in [9.17, 15) is 4.79 Å². The Hall–Kier alpha value is -3.00. The Morgan fingerprint density at radius 3 is 2.74 bits per heavy atom. The summed E-state index contributed by atoms with van der Waals surface area (Å²) >= 11 is 0. The lowest BCUT2D eigenvalue weighted by Crippen LogP contribution is -2.03. The summed E-state index contributed by atoms with van der Waals surface area (Å²) in [5, 5.41) is 20.9. The molecule has 0 saturated carbocycles. The molecule has 2 aromatic carbocycles. The normalized spacial score (nSPS) is 9.63. The van der Waals surface area contributed by atoms with Crippen LogP contribution in [-0.4, -0.2) is 11.1 Å². The zero-order valence-electron chi connectivity index (χ0n) is 9.92. The van der Waals surface area contributed by atoms with Gasteiger partial charge in [0.25, 0.3) is 0 Å². The molecule has 0 saturated heterocycles. The van der Waals surface area contributed by atoms with Gasteiger partial charge >= 0.3 is 5.97 Å². The van der Waals surface area contributed by atoms with Crippen molar-refractivity contribution in [2.75, 3.05) is 11.1 Å². The zero-order valence-corrected chi connectivity index (χ0v) is 9.92. The van der Waals surface area contributed by atoms with E-state index in [1.807, 2.05) is 6.07 Å². The molecular weight excluding hydrogens is 242 g/mol. The van der Waals surface area contributed by atoms with Crippen molar-refractivity contribution in [3.8, 4) is 6.07 Å². The number of hydrogen-bond donors (Lipinski definition) is 3. The molecule has 0 amide bonds. The Bertz CT molecular complexity index is 675. The largest absolute Gasteiger partial charge is 0.478 e. The maximum Gasteiger partial charge on any atom is 0.337 e. The van der Waals surface area contributed by atoms with Crippen molar-refractivity contribution in [1.29, 1.82) is 5.26 Å². The Labute approximate surface area is 109 Å². The first-order valence-electron chi connectivity index (χ1n) is 5.50. The SMILES string of the molecule is N#Cc1cccc(Nc2cc(N)ccc2C(=O)O)c1. The second-order valence-corrected chi connectivity index (χ2v) is 3.93. The lowest BCUT2D eigenvalue weighted by molar-refractivity contribution is 0.0698. The van der Waals surface area contributed by atoms with Crippen molar-refractivity contribution < 1.29 is 9.90 Å². The third-order valence-electron chi connectivity index (χ3n) is 2.54. The van der Waals surface area contributed by atoms with Crippen LogP contribution in [0, 0.1) is 11.3 Å². The number of hydrogen-bond acceptors (Lipinski definition) is 4. The van der Waals surface area contributed by atoms with Gasteiger partial charge in [-0.25, -0.2) is 4.79 Å². The standard InChI is InChI=1S/C14H11N3O2/c15-8-9-2-1-3-11(6-9)17-13-7-10(16)4-5-12(13)14(18)19/h1-7,17H,16H2,(H,18,19). The predicted octanol–water partition coefficient (Wildman–Crippen LogP) is 2.58. The molecule has 94 valence electrons. The molecular formula is C14H11N3O2. The van der Waals surface area contributed by atoms with Crippen LogP contribution >= 0.6 is 0 Å². The van der Waals surface area contributed by atoms with Gasteiger partial charge in [0.1, 0.15) is 0 Å². The predicted molar refractivity (Wildman–Crippen MR) is 72.3 cm³/mol. The fraction of sp³-hybridized carbons (Fsp3) is 0. The van der Waals surface area contributed by atoms with Gasteiger partial charge in [-0.15, -0.1) is 0 Å². The molecule has 0 heterocycles. The fourth-order valence-electron chi connectivity index (χ4n) is 1.67. The Morgan fingerprint density at radius 1 is 1.26 bits per heavy atom. The maximum absolute atomic E-state index is 11.1. The van der Waals surface area contributed by atoms with Crippen molar-refractivity contribution in [2.45, 2.75) is 0 Å². The molecule has 5 heteroatoms. The topological polar surface area (TPSA) is 99.1 Å². The number of carbonyl (C=O) groups is 1. The molecule has 0 radical (unpaired) electrons. The molecule has 0 aliphatic heterocycles. The highest BCUT2D eigenvalue weighted by Gasteiger charge is 2.10. The summed E-state index contributed by atoms with van der Waals surface area (Å²) in [6, 6.07) is 13.3. The number of nitrogen functional groups attached to an aromatic ring is 1. The molecule has 0 atom stereocenters. The van der Waals surface area contributed by atoms with Crippen LogP contribution in [0.4, 0.5) is 17.1 Å². The first-order chi connectivity index (χ1) is 9.10. The number of benzene rings is 2. The number of anilines is 3. The molecule has 19 heavy (non-hydrogen) atoms. The molecule has 2 aromatic rings. The van der Waals surface area contributed by atoms with E-state index < -0.39 is 5.97 Å². The Kier molecular flexibility index (Phi) is 3.35. The van der Waals surface area contributed by atoms with Crippen LogP contribution in [0.1, 0.15) is 15.9 Å². The summed E-state index contributed by atoms with van der Waals surface area (Å²) in [5.41, 5.74) is 7.75. The number of aromatic carboxylic acids is 1. The Balaban J connectivity index is 2.40. The molecule has 0 aromatic heterocycles. The quantitative estimate of drug-likeness (QED) is 0.730. The van der Waals surface area contributed by atoms with Gasteiger partial charge in [0.15, 0.2) is 0 Å². The van der Waals surface area contributed by atoms with E-state index in [0.717, 1.165) is 0 Å². The highest BCUT2D eigenvalue weighted by molar-refractivity contribution is 5.96. The molecule has 0 aliphatic carbocycles. The smallest absolute Gasteiger partial charge is 0.337 e. The number of carboxylic acid groups (broad SMARTS) is 1. The minimum atomic E-state index is -1.04. The average Bonchev–Trinajstić information content (AvgIpc) is 2.38. The second-order valence-electron chi connectivity index (χ2n) is 3.93. The monoisotopic (exact) mass is 253 g/mol. The van der Waals surface area contributed by atoms with Gasteiger partial charge in [-0.2, -0.15) is 5.26 Å². The maximum atomic E-state index is 11.1. The van der Waals surface area contributed by atoms with Crippen LogP contribution in [0.3, 0.4) is 0 Å². The third-order valence-corrected chi connectivity index (χ3v) is 2.54. The molecule has 0 bridgehead atoms. The van der Waals surface area contributed by atoms with E-state index in [1.165, 1.54) is 12.1 Å². The molecule has 0 spiro atoms. The van der Waals surface area contributed by atoms with Crippen LogP contribution in [0.25, 0.3) is 0 Å². The van der Waals surface area contributed by atoms with Gasteiger partial charge in [-0.3, -0.25) is 0 Å². The van der Waals surface area contributed by atoms with Gasteiger partial charge in [-0.1, -0.05) is 6.07 Å². The van der Waals surface area contributed by atoms with E-state index in [4.69, 9.17) is 16.1 Å². The number of nitrogens with one attached hydrogen (secondary N) is 1. The van der Waals surface area contributed by atoms with Crippen molar-refractivity contribution in [3.63, 3.8) is 0 Å². The first-order valence-corrected chi connectivity index (χ1v) is 5.50. The van der Waals surface area contributed by atoms with Crippen molar-refractivity contribution >= 4 is 23.0 Å². The van der Waals surface area contributed by atoms with Gasteiger partial charge in [0, 0.05) is 11.4 Å². The fourth-order valence-corrected chi connectivity index (χ4v) is 1.67. The summed E-state index contributed by atoms with van der Waals surface area (Å²) in [4.78, 5) is 11.1. The van der Waals surface area contributed by atoms with Crippen molar-refractivity contribution in [1.82, 2.24) is 0 Å². The van der Waals surface area contributed by atoms with Crippen molar-refractivity contribution in [2.24, 2.45) is 0 Å². The molecule has 0 unspecified atom stereocenters. The van der Waals surface area contributed by atoms with Crippen LogP contribution in [0.5, 0.6) is 0 Å². The van der Waals surface area contributed by atoms with Crippen LogP contribution < -0.4 is 11.1 Å². The lowest BCUT2D eigenvalue weighted by Gasteiger charge is -2.10. The highest BCUT2D eigenvalue weighted by Crippen LogP contribution is 2.24. The number of nitriles is 1. The minimum Gasteiger partial charge on any atom is -0.478 e. The number of rotatable bonds is 3. The van der Waals surface area contributed by atoms with Gasteiger partial charge < -0.3 is 16.2 Å². The Morgan fingerprint density at radius 2 is 2.05 bits per heavy atom. The highest BCUT2D eigenvalue weighted by atomic mass is 16.4. The molecule has 2 rings (SSSR count). The molecule has 0 fully saturated rings. The summed E-state index contributed by atoms with van der Waals surface area (Å²) in [6.45, 7) is 0. The lowest BCUT2D eigenvalue weighted by atomic mass is 10.1. The summed E-state index contributed by atoms with van der Waals surface area (Å²) in [5.74, 6) is -1.04. The van der Waals surface area contributed by atoms with E-state index in [-0.39, 0.29) is 5.56 Å². The van der Waals surface area contributed by atoms with Gasteiger partial charge in [-0.05, 0) is 36.4 Å². The van der Waals surface area contributed by atoms with E-state index >= 15 is 0 Å². The number of nitrogens with zero attached hydrogens (tertiary/aromatic N) is 1. The summed E-state index contributed by atoms with van der Waals surface area (Å²) in [7, 11) is 0. The number of carboxylic acids is 1. The second kappa shape index (κ2) is 5.10. The van der Waals surface area contributed by atoms with Crippen LogP contribution in [0.2, 0.25) is 0 Å². The number of nitrogens with two attached hydrogens (primary N) is 1. The van der Waals surface area contributed by atoms with Gasteiger partial charge in [0.2, 0.25) is 0 Å². The molecule has 4 N–H and O–H groups in total. The summed E-state index contributed by atoms with van der Waals surface area (Å²) in [6.07, 6.45) is 0. The minimum absolute atomic E-state index is 0.122. The zero-order chi connectivity index (χ0) is 13.8. The van der Waals surface area contributed by atoms with E-state index in [0.29, 0.717) is 22.6 Å². The average molecular weight is 253 g/mol. The molecule has 0 aliphatic rings. The molecule has 5 nitrogen and oxygen atoms in total. The van der Waals surface area contributed by atoms with Crippen LogP contribution in [0.15, 0.2) is 42.5 Å². The van der Waals surface area contributed by atoms with Crippen molar-refractivity contribution in [3.05, 3.63) is 53.6 Å². The van der Waals surface area contributed by atoms with Gasteiger partial charge in [0.05, 0.1) is 22.9 Å². The van der Waals surface area contributed by atoms with Crippen LogP contribution in [-0.2, 0) is 0 Å². The third kappa shape index (κ3) is 2.82.